The standard InChI is InChI=1S/C14H23NO2S/c1-5-10-15-12(3)13(4)18(16,17)14-9-7-6-8-11(14)2/h6-9,12-13,15H,5,10H2,1-4H3. The predicted molar refractivity (Wildman–Crippen MR) is 75.6 cm³/mol. The fourth-order valence-electron chi connectivity index (χ4n) is 1.88. The van der Waals surface area contributed by atoms with Gasteiger partial charge in [0.25, 0.3) is 0 Å². The summed E-state index contributed by atoms with van der Waals surface area (Å²) in [6.07, 6.45) is 1.00. The smallest absolute Gasteiger partial charge is 0.182 e. The molecule has 102 valence electrons. The minimum Gasteiger partial charge on any atom is -0.313 e. The Labute approximate surface area is 111 Å². The van der Waals surface area contributed by atoms with Gasteiger partial charge in [-0.15, -0.1) is 0 Å². The highest BCUT2D eigenvalue weighted by Gasteiger charge is 2.28. The third kappa shape index (κ3) is 3.33. The molecular formula is C14H23NO2S. The normalized spacial score (nSPS) is 15.3. The topological polar surface area (TPSA) is 46.2 Å². The lowest BCUT2D eigenvalue weighted by atomic mass is 10.2. The van der Waals surface area contributed by atoms with E-state index in [1.54, 1.807) is 19.1 Å². The van der Waals surface area contributed by atoms with Crippen molar-refractivity contribution in [1.82, 2.24) is 5.32 Å². The van der Waals surface area contributed by atoms with Gasteiger partial charge in [-0.05, 0) is 45.4 Å². The van der Waals surface area contributed by atoms with E-state index in [4.69, 9.17) is 0 Å². The molecule has 0 heterocycles. The van der Waals surface area contributed by atoms with Gasteiger partial charge in [0.1, 0.15) is 0 Å². The van der Waals surface area contributed by atoms with Gasteiger partial charge in [0.2, 0.25) is 0 Å². The van der Waals surface area contributed by atoms with E-state index < -0.39 is 15.1 Å². The summed E-state index contributed by atoms with van der Waals surface area (Å²) in [5.74, 6) is 0. The number of rotatable bonds is 6. The first kappa shape index (κ1) is 15.2. The molecule has 1 aromatic rings. The van der Waals surface area contributed by atoms with E-state index in [2.05, 4.69) is 12.2 Å². The van der Waals surface area contributed by atoms with Crippen molar-refractivity contribution < 1.29 is 8.42 Å². The molecule has 18 heavy (non-hydrogen) atoms. The van der Waals surface area contributed by atoms with Crippen LogP contribution in [-0.2, 0) is 9.84 Å². The molecular weight excluding hydrogens is 246 g/mol. The van der Waals surface area contributed by atoms with E-state index in [9.17, 15) is 8.42 Å². The van der Waals surface area contributed by atoms with Crippen molar-refractivity contribution in [3.63, 3.8) is 0 Å². The first-order chi connectivity index (χ1) is 8.41. The highest BCUT2D eigenvalue weighted by Crippen LogP contribution is 2.21. The fourth-order valence-corrected chi connectivity index (χ4v) is 3.70. The summed E-state index contributed by atoms with van der Waals surface area (Å²) in [4.78, 5) is 0.447. The third-order valence-corrected chi connectivity index (χ3v) is 5.77. The van der Waals surface area contributed by atoms with Crippen molar-refractivity contribution in [2.45, 2.75) is 50.3 Å². The summed E-state index contributed by atoms with van der Waals surface area (Å²) in [5, 5.41) is 2.82. The Morgan fingerprint density at radius 1 is 1.22 bits per heavy atom. The monoisotopic (exact) mass is 269 g/mol. The van der Waals surface area contributed by atoms with Crippen LogP contribution in [0.3, 0.4) is 0 Å². The quantitative estimate of drug-likeness (QED) is 0.863. The second-order valence-corrected chi connectivity index (χ2v) is 7.03. The molecule has 1 N–H and O–H groups in total. The molecule has 1 aromatic carbocycles. The molecule has 0 fully saturated rings. The van der Waals surface area contributed by atoms with Crippen LogP contribution in [0.15, 0.2) is 29.2 Å². The van der Waals surface area contributed by atoms with E-state index in [0.717, 1.165) is 18.5 Å². The molecule has 4 heteroatoms. The Kier molecular flexibility index (Phi) is 5.35. The van der Waals surface area contributed by atoms with Gasteiger partial charge in [-0.3, -0.25) is 0 Å². The Bertz CT molecular complexity index is 482. The van der Waals surface area contributed by atoms with Crippen molar-refractivity contribution >= 4 is 9.84 Å². The van der Waals surface area contributed by atoms with Crippen LogP contribution in [0.4, 0.5) is 0 Å². The summed E-state index contributed by atoms with van der Waals surface area (Å²) in [5.41, 5.74) is 0.812. The second kappa shape index (κ2) is 6.34. The van der Waals surface area contributed by atoms with Crippen LogP contribution in [0.5, 0.6) is 0 Å². The summed E-state index contributed by atoms with van der Waals surface area (Å²) in [6, 6.07) is 7.11. The Hall–Kier alpha value is -0.870. The van der Waals surface area contributed by atoms with Crippen LogP contribution in [0.1, 0.15) is 32.8 Å². The Morgan fingerprint density at radius 3 is 2.39 bits per heavy atom. The molecule has 2 atom stereocenters. The highest BCUT2D eigenvalue weighted by molar-refractivity contribution is 7.92. The average Bonchev–Trinajstić information content (AvgIpc) is 2.35. The maximum atomic E-state index is 12.5. The minimum absolute atomic E-state index is 0.0467. The van der Waals surface area contributed by atoms with Crippen molar-refractivity contribution in [2.75, 3.05) is 6.54 Å². The van der Waals surface area contributed by atoms with E-state index in [-0.39, 0.29) is 6.04 Å². The summed E-state index contributed by atoms with van der Waals surface area (Å²) in [6.45, 7) is 8.45. The third-order valence-electron chi connectivity index (χ3n) is 3.31. The largest absolute Gasteiger partial charge is 0.313 e. The van der Waals surface area contributed by atoms with E-state index in [1.807, 2.05) is 26.0 Å². The molecule has 2 unspecified atom stereocenters. The van der Waals surface area contributed by atoms with E-state index >= 15 is 0 Å². The van der Waals surface area contributed by atoms with Gasteiger partial charge in [-0.2, -0.15) is 0 Å². The van der Waals surface area contributed by atoms with Crippen LogP contribution in [0.2, 0.25) is 0 Å². The molecule has 0 saturated carbocycles. The van der Waals surface area contributed by atoms with E-state index in [0.29, 0.717) is 4.90 Å². The number of benzene rings is 1. The summed E-state index contributed by atoms with van der Waals surface area (Å²) < 4.78 is 25.0. The van der Waals surface area contributed by atoms with Crippen LogP contribution in [-0.4, -0.2) is 26.3 Å². The zero-order chi connectivity index (χ0) is 13.8. The zero-order valence-corrected chi connectivity index (χ0v) is 12.4. The lowest BCUT2D eigenvalue weighted by molar-refractivity contribution is 0.509. The lowest BCUT2D eigenvalue weighted by Gasteiger charge is -2.22. The molecule has 1 rings (SSSR count). The van der Waals surface area contributed by atoms with Gasteiger partial charge in [0.05, 0.1) is 10.1 Å². The molecule has 0 aliphatic heterocycles. The number of hydrogen-bond donors (Lipinski definition) is 1. The highest BCUT2D eigenvalue weighted by atomic mass is 32.2. The van der Waals surface area contributed by atoms with Gasteiger partial charge in [0, 0.05) is 6.04 Å². The van der Waals surface area contributed by atoms with Gasteiger partial charge < -0.3 is 5.32 Å². The maximum absolute atomic E-state index is 12.5. The molecule has 0 saturated heterocycles. The van der Waals surface area contributed by atoms with Crippen molar-refractivity contribution in [3.05, 3.63) is 29.8 Å². The molecule has 0 bridgehead atoms. The Morgan fingerprint density at radius 2 is 1.83 bits per heavy atom. The predicted octanol–water partition coefficient (Wildman–Crippen LogP) is 2.55. The van der Waals surface area contributed by atoms with E-state index in [1.165, 1.54) is 0 Å². The summed E-state index contributed by atoms with van der Waals surface area (Å²) in [7, 11) is -3.26. The van der Waals surface area contributed by atoms with Gasteiger partial charge in [-0.1, -0.05) is 25.1 Å². The van der Waals surface area contributed by atoms with Crippen LogP contribution < -0.4 is 5.32 Å². The maximum Gasteiger partial charge on any atom is 0.182 e. The molecule has 0 aliphatic carbocycles. The van der Waals surface area contributed by atoms with Crippen LogP contribution >= 0.6 is 0 Å². The number of hydrogen-bond acceptors (Lipinski definition) is 3. The molecule has 0 aliphatic rings. The van der Waals surface area contributed by atoms with Crippen LogP contribution in [0.25, 0.3) is 0 Å². The number of nitrogens with one attached hydrogen (secondary N) is 1. The van der Waals surface area contributed by atoms with Crippen LogP contribution in [0, 0.1) is 6.92 Å². The number of aryl methyl sites for hydroxylation is 1. The van der Waals surface area contributed by atoms with Gasteiger partial charge >= 0.3 is 0 Å². The lowest BCUT2D eigenvalue weighted by Crippen LogP contribution is -2.40. The minimum atomic E-state index is -3.26. The molecule has 3 nitrogen and oxygen atoms in total. The van der Waals surface area contributed by atoms with Crippen molar-refractivity contribution in [2.24, 2.45) is 0 Å². The fraction of sp³-hybridized carbons (Fsp3) is 0.571. The molecule has 0 spiro atoms. The van der Waals surface area contributed by atoms with Gasteiger partial charge in [-0.25, -0.2) is 8.42 Å². The molecule has 0 radical (unpaired) electrons. The van der Waals surface area contributed by atoms with Crippen molar-refractivity contribution in [3.8, 4) is 0 Å². The van der Waals surface area contributed by atoms with Gasteiger partial charge in [0.15, 0.2) is 9.84 Å². The summed E-state index contributed by atoms with van der Waals surface area (Å²) >= 11 is 0. The molecule has 0 aromatic heterocycles. The average molecular weight is 269 g/mol. The SMILES string of the molecule is CCCNC(C)C(C)S(=O)(=O)c1ccccc1C. The first-order valence-electron chi connectivity index (χ1n) is 6.44. The second-order valence-electron chi connectivity index (χ2n) is 4.76. The zero-order valence-electron chi connectivity index (χ0n) is 11.6. The number of sulfone groups is 1. The molecule has 0 amide bonds. The van der Waals surface area contributed by atoms with Crippen molar-refractivity contribution in [1.29, 1.82) is 0 Å². The Balaban J connectivity index is 2.97. The first-order valence-corrected chi connectivity index (χ1v) is 7.98.